The lowest BCUT2D eigenvalue weighted by Crippen LogP contribution is -2.44. The molecule has 0 radical (unpaired) electrons. The Morgan fingerprint density at radius 2 is 1.76 bits per heavy atom. The minimum absolute atomic E-state index is 0.0186. The van der Waals surface area contributed by atoms with Crippen LogP contribution in [0.4, 0.5) is 11.5 Å². The molecule has 1 aromatic heterocycles. The van der Waals surface area contributed by atoms with Gasteiger partial charge in [-0.15, -0.1) is 0 Å². The summed E-state index contributed by atoms with van der Waals surface area (Å²) in [4.78, 5) is 43.5. The number of hydrogen-bond acceptors (Lipinski definition) is 5. The van der Waals surface area contributed by atoms with Gasteiger partial charge in [0.1, 0.15) is 5.82 Å². The molecule has 33 heavy (non-hydrogen) atoms. The Balaban J connectivity index is 1.84. The van der Waals surface area contributed by atoms with Crippen molar-refractivity contribution in [2.24, 2.45) is 0 Å². The largest absolute Gasteiger partial charge is 0.383 e. The van der Waals surface area contributed by atoms with Crippen molar-refractivity contribution in [3.8, 4) is 0 Å². The highest BCUT2D eigenvalue weighted by Crippen LogP contribution is 2.23. The molecule has 0 unspecified atom stereocenters. The number of nitrogen functional groups attached to an aromatic ring is 1. The van der Waals surface area contributed by atoms with Crippen LogP contribution in [-0.4, -0.2) is 40.5 Å². The minimum Gasteiger partial charge on any atom is -0.383 e. The maximum Gasteiger partial charge on any atom is 0.330 e. The first kappa shape index (κ1) is 24.6. The molecule has 8 nitrogen and oxygen atoms in total. The van der Waals surface area contributed by atoms with E-state index >= 15 is 0 Å². The van der Waals surface area contributed by atoms with Gasteiger partial charge in [0.15, 0.2) is 5.69 Å². The third-order valence-electron chi connectivity index (χ3n) is 5.13. The fourth-order valence-corrected chi connectivity index (χ4v) is 3.86. The third-order valence-corrected chi connectivity index (χ3v) is 5.87. The van der Waals surface area contributed by atoms with Crippen molar-refractivity contribution in [3.05, 3.63) is 90.5 Å². The van der Waals surface area contributed by atoms with E-state index in [1.54, 1.807) is 31.0 Å². The Morgan fingerprint density at radius 1 is 1.06 bits per heavy atom. The Hall–Kier alpha value is -3.07. The standard InChI is InChI=1S/C23H25Cl2N5O3/c1-3-29(19(31)14-28(2)12-16-9-10-17(24)18(25)11-16)20-21(26)30(23(33)27-22(20)32)13-15-7-5-4-6-8-15/h4-11H,3,12-14,26H2,1-2H3,(H,27,32,33). The van der Waals surface area contributed by atoms with E-state index in [1.165, 1.54) is 9.47 Å². The van der Waals surface area contributed by atoms with Gasteiger partial charge in [-0.25, -0.2) is 4.79 Å². The highest BCUT2D eigenvalue weighted by Gasteiger charge is 2.24. The van der Waals surface area contributed by atoms with E-state index in [9.17, 15) is 14.4 Å². The third kappa shape index (κ3) is 5.84. The van der Waals surface area contributed by atoms with Crippen LogP contribution >= 0.6 is 23.2 Å². The summed E-state index contributed by atoms with van der Waals surface area (Å²) in [6, 6.07) is 14.5. The van der Waals surface area contributed by atoms with E-state index in [0.29, 0.717) is 16.6 Å². The molecule has 0 saturated heterocycles. The summed E-state index contributed by atoms with van der Waals surface area (Å²) in [5.41, 5.74) is 6.58. The molecule has 0 fully saturated rings. The maximum atomic E-state index is 13.1. The van der Waals surface area contributed by atoms with Crippen LogP contribution in [0.2, 0.25) is 10.0 Å². The zero-order chi connectivity index (χ0) is 24.1. The lowest BCUT2D eigenvalue weighted by Gasteiger charge is -2.25. The first-order valence-corrected chi connectivity index (χ1v) is 11.1. The molecule has 3 rings (SSSR count). The van der Waals surface area contributed by atoms with Gasteiger partial charge in [0.2, 0.25) is 5.91 Å². The van der Waals surface area contributed by atoms with Crippen molar-refractivity contribution < 1.29 is 4.79 Å². The maximum absolute atomic E-state index is 13.1. The smallest absolute Gasteiger partial charge is 0.330 e. The van der Waals surface area contributed by atoms with Crippen LogP contribution in [0.3, 0.4) is 0 Å². The monoisotopic (exact) mass is 489 g/mol. The highest BCUT2D eigenvalue weighted by molar-refractivity contribution is 6.42. The number of amides is 1. The number of H-pyrrole nitrogens is 1. The predicted molar refractivity (Wildman–Crippen MR) is 132 cm³/mol. The molecule has 10 heteroatoms. The first-order valence-electron chi connectivity index (χ1n) is 10.3. The van der Waals surface area contributed by atoms with Crippen LogP contribution in [0.15, 0.2) is 58.1 Å². The van der Waals surface area contributed by atoms with Gasteiger partial charge in [-0.2, -0.15) is 0 Å². The summed E-state index contributed by atoms with van der Waals surface area (Å²) < 4.78 is 1.25. The number of aromatic nitrogens is 2. The molecule has 0 saturated carbocycles. The van der Waals surface area contributed by atoms with Gasteiger partial charge in [0, 0.05) is 13.1 Å². The van der Waals surface area contributed by atoms with Crippen LogP contribution < -0.4 is 21.9 Å². The molecule has 0 atom stereocenters. The summed E-state index contributed by atoms with van der Waals surface area (Å²) in [5.74, 6) is -0.392. The second-order valence-electron chi connectivity index (χ2n) is 7.62. The number of hydrogen-bond donors (Lipinski definition) is 2. The summed E-state index contributed by atoms with van der Waals surface area (Å²) in [5, 5.41) is 0.890. The average Bonchev–Trinajstić information content (AvgIpc) is 2.77. The number of nitrogens with zero attached hydrogens (tertiary/aromatic N) is 3. The van der Waals surface area contributed by atoms with Gasteiger partial charge in [-0.05, 0) is 37.2 Å². The van der Waals surface area contributed by atoms with Crippen LogP contribution in [0.5, 0.6) is 0 Å². The molecule has 2 aromatic carbocycles. The van der Waals surface area contributed by atoms with Gasteiger partial charge in [-0.1, -0.05) is 59.6 Å². The van der Waals surface area contributed by atoms with Crippen molar-refractivity contribution in [1.29, 1.82) is 0 Å². The number of carbonyl (C=O) groups excluding carboxylic acids is 1. The Labute approximate surface area is 201 Å². The molecular weight excluding hydrogens is 465 g/mol. The molecular formula is C23H25Cl2N5O3. The number of nitrogens with two attached hydrogens (primary N) is 1. The van der Waals surface area contributed by atoms with E-state index in [4.69, 9.17) is 28.9 Å². The van der Waals surface area contributed by atoms with E-state index in [-0.39, 0.29) is 37.0 Å². The topological polar surface area (TPSA) is 104 Å². The van der Waals surface area contributed by atoms with Crippen molar-refractivity contribution in [3.63, 3.8) is 0 Å². The van der Waals surface area contributed by atoms with Crippen LogP contribution in [-0.2, 0) is 17.9 Å². The van der Waals surface area contributed by atoms with E-state index in [2.05, 4.69) is 4.98 Å². The fraction of sp³-hybridized carbons (Fsp3) is 0.261. The molecule has 3 N–H and O–H groups in total. The molecule has 3 aromatic rings. The summed E-state index contributed by atoms with van der Waals surface area (Å²) >= 11 is 12.0. The first-order chi connectivity index (χ1) is 15.7. The molecule has 0 aliphatic carbocycles. The molecule has 0 bridgehead atoms. The van der Waals surface area contributed by atoms with Crippen LogP contribution in [0, 0.1) is 0 Å². The second kappa shape index (κ2) is 10.7. The van der Waals surface area contributed by atoms with Gasteiger partial charge >= 0.3 is 5.69 Å². The quantitative estimate of drug-likeness (QED) is 0.505. The SMILES string of the molecule is CCN(C(=O)CN(C)Cc1ccc(Cl)c(Cl)c1)c1c(N)n(Cc2ccccc2)c(=O)[nH]c1=O. The van der Waals surface area contributed by atoms with Gasteiger partial charge < -0.3 is 10.6 Å². The van der Waals surface area contributed by atoms with Crippen molar-refractivity contribution in [2.45, 2.75) is 20.0 Å². The number of aromatic amines is 1. The van der Waals surface area contributed by atoms with Crippen LogP contribution in [0.25, 0.3) is 0 Å². The molecule has 1 amide bonds. The van der Waals surface area contributed by atoms with Crippen molar-refractivity contribution in [2.75, 3.05) is 30.8 Å². The number of rotatable bonds is 8. The van der Waals surface area contributed by atoms with Gasteiger partial charge in [0.05, 0.1) is 23.1 Å². The summed E-state index contributed by atoms with van der Waals surface area (Å²) in [6.45, 7) is 2.57. The normalized spacial score (nSPS) is 11.1. The number of halogens is 2. The average molecular weight is 490 g/mol. The van der Waals surface area contributed by atoms with Crippen LogP contribution in [0.1, 0.15) is 18.1 Å². The highest BCUT2D eigenvalue weighted by atomic mass is 35.5. The number of carbonyl (C=O) groups is 1. The lowest BCUT2D eigenvalue weighted by atomic mass is 10.2. The number of benzene rings is 2. The Bertz CT molecular complexity index is 1260. The number of anilines is 2. The Morgan fingerprint density at radius 3 is 2.39 bits per heavy atom. The molecule has 0 aliphatic rings. The van der Waals surface area contributed by atoms with Gasteiger partial charge in [0.25, 0.3) is 5.56 Å². The Kier molecular flexibility index (Phi) is 7.97. The number of nitrogens with one attached hydrogen (secondary N) is 1. The van der Waals surface area contributed by atoms with E-state index < -0.39 is 11.2 Å². The van der Waals surface area contributed by atoms with E-state index in [1.807, 2.05) is 36.4 Å². The lowest BCUT2D eigenvalue weighted by molar-refractivity contribution is -0.119. The molecule has 0 aliphatic heterocycles. The zero-order valence-corrected chi connectivity index (χ0v) is 19.9. The summed E-state index contributed by atoms with van der Waals surface area (Å²) in [7, 11) is 1.78. The molecule has 1 heterocycles. The minimum atomic E-state index is -0.704. The molecule has 174 valence electrons. The summed E-state index contributed by atoms with van der Waals surface area (Å²) in [6.07, 6.45) is 0. The number of likely N-dealkylation sites (N-methyl/N-ethyl adjacent to an activating group) is 2. The fourth-order valence-electron chi connectivity index (χ4n) is 3.54. The van der Waals surface area contributed by atoms with E-state index in [0.717, 1.165) is 11.1 Å². The zero-order valence-electron chi connectivity index (χ0n) is 18.3. The second-order valence-corrected chi connectivity index (χ2v) is 8.44. The van der Waals surface area contributed by atoms with Crippen molar-refractivity contribution >= 4 is 40.6 Å². The predicted octanol–water partition coefficient (Wildman–Crippen LogP) is 2.96. The van der Waals surface area contributed by atoms with Gasteiger partial charge in [-0.3, -0.25) is 24.0 Å². The molecule has 0 spiro atoms. The van der Waals surface area contributed by atoms with Crippen molar-refractivity contribution in [1.82, 2.24) is 14.5 Å².